The first-order valence-corrected chi connectivity index (χ1v) is 10.7. The lowest BCUT2D eigenvalue weighted by Crippen LogP contribution is -2.62. The highest BCUT2D eigenvalue weighted by atomic mass is 16.6. The van der Waals surface area contributed by atoms with Gasteiger partial charge in [0, 0.05) is 37.5 Å². The normalized spacial score (nSPS) is 26.6. The maximum Gasteiger partial charge on any atom is 0.404 e. The van der Waals surface area contributed by atoms with E-state index in [2.05, 4.69) is 4.98 Å². The number of ketones is 1. The molecule has 186 valence electrons. The minimum Gasteiger partial charge on any atom is -0.507 e. The van der Waals surface area contributed by atoms with Crippen molar-refractivity contribution in [3.05, 3.63) is 62.3 Å². The van der Waals surface area contributed by atoms with Crippen LogP contribution < -0.4 is 0 Å². The summed E-state index contributed by atoms with van der Waals surface area (Å²) in [6.07, 6.45) is -5.00. The number of carbonyl (C=O) groups excluding carboxylic acids is 4. The molecule has 0 bridgehead atoms. The maximum atomic E-state index is 13.5. The van der Waals surface area contributed by atoms with Crippen LogP contribution >= 0.6 is 0 Å². The average Bonchev–Trinajstić information content (AvgIpc) is 3.12. The second-order valence-corrected chi connectivity index (χ2v) is 8.68. The number of phenolic OH excluding ortho intramolecular Hbond substituents is 1. The molecule has 0 aromatic heterocycles. The second kappa shape index (κ2) is 8.31. The van der Waals surface area contributed by atoms with Gasteiger partial charge in [-0.3, -0.25) is 19.2 Å². The molecule has 0 heterocycles. The number of fused-ring (bicyclic) bond motifs is 3. The summed E-state index contributed by atoms with van der Waals surface area (Å²) in [5.41, 5.74) is -4.19. The van der Waals surface area contributed by atoms with Gasteiger partial charge < -0.3 is 29.5 Å². The number of hydrogen-bond donors (Lipinski definition) is 3. The fourth-order valence-corrected chi connectivity index (χ4v) is 4.92. The monoisotopic (exact) mass is 497 g/mol. The van der Waals surface area contributed by atoms with Crippen molar-refractivity contribution < 1.29 is 48.7 Å². The zero-order chi connectivity index (χ0) is 26.7. The summed E-state index contributed by atoms with van der Waals surface area (Å²) in [7, 11) is 0. The Morgan fingerprint density at radius 1 is 0.972 bits per heavy atom. The predicted molar refractivity (Wildman–Crippen MR) is 118 cm³/mol. The van der Waals surface area contributed by atoms with Crippen LogP contribution in [-0.4, -0.2) is 62.9 Å². The third-order valence-electron chi connectivity index (χ3n) is 6.19. The molecule has 3 aliphatic rings. The standard InChI is InChI=1S/C24H20N2O10/c1-8(27)34-21-15-14-16(20(32)13-11(19(14)31)6-5-7-12(13)30)18(26-25)17(15)22(35-9(2)28)24(4,33)23(21)36-10(3)29/h5-7,21-23,33H,1-4H3,(H-,30,31,32)/p+1/t21-,22+,23+,24+/m0/s1. The van der Waals surface area contributed by atoms with Gasteiger partial charge in [-0.25, -0.2) is 0 Å². The summed E-state index contributed by atoms with van der Waals surface area (Å²) in [6, 6.07) is 3.96. The molecule has 36 heavy (non-hydrogen) atoms. The Balaban J connectivity index is 2.14. The van der Waals surface area contributed by atoms with Crippen LogP contribution in [-0.2, 0) is 28.6 Å². The van der Waals surface area contributed by atoms with Crippen molar-refractivity contribution in [2.75, 3.05) is 0 Å². The van der Waals surface area contributed by atoms with Crippen molar-refractivity contribution in [3.63, 3.8) is 0 Å². The van der Waals surface area contributed by atoms with Gasteiger partial charge in [-0.15, -0.1) is 0 Å². The number of aliphatic hydroxyl groups excluding tert-OH is 1. The lowest BCUT2D eigenvalue weighted by Gasteiger charge is -2.45. The number of allylic oxidation sites excluding steroid dienone is 1. The summed E-state index contributed by atoms with van der Waals surface area (Å²) in [5, 5.41) is 43.0. The zero-order valence-corrected chi connectivity index (χ0v) is 19.6. The van der Waals surface area contributed by atoms with Crippen LogP contribution in [0, 0.1) is 5.39 Å². The van der Waals surface area contributed by atoms with Crippen LogP contribution in [0.4, 0.5) is 0 Å². The van der Waals surface area contributed by atoms with E-state index in [1.807, 2.05) is 0 Å². The van der Waals surface area contributed by atoms with E-state index >= 15 is 0 Å². The molecule has 1 aromatic carbocycles. The summed E-state index contributed by atoms with van der Waals surface area (Å²) in [6.45, 7) is 4.27. The molecular weight excluding hydrogens is 476 g/mol. The van der Waals surface area contributed by atoms with Gasteiger partial charge in [-0.2, -0.15) is 0 Å². The van der Waals surface area contributed by atoms with Crippen LogP contribution in [0.3, 0.4) is 0 Å². The van der Waals surface area contributed by atoms with E-state index < -0.39 is 70.4 Å². The van der Waals surface area contributed by atoms with Gasteiger partial charge in [0.2, 0.25) is 11.2 Å². The van der Waals surface area contributed by atoms with Gasteiger partial charge in [0.05, 0.1) is 11.1 Å². The van der Waals surface area contributed by atoms with Crippen molar-refractivity contribution in [2.24, 2.45) is 0 Å². The van der Waals surface area contributed by atoms with Crippen molar-refractivity contribution >= 4 is 29.5 Å². The van der Waals surface area contributed by atoms with Crippen molar-refractivity contribution in [1.29, 1.82) is 5.39 Å². The molecule has 0 radical (unpaired) electrons. The molecule has 1 aromatic rings. The molecule has 12 nitrogen and oxygen atoms in total. The highest BCUT2D eigenvalue weighted by Crippen LogP contribution is 2.55. The number of aromatic hydroxyl groups is 1. The number of esters is 3. The molecule has 12 heteroatoms. The summed E-state index contributed by atoms with van der Waals surface area (Å²) in [4.78, 5) is 52.8. The number of ether oxygens (including phenoxy) is 3. The molecule has 4 atom stereocenters. The molecule has 0 unspecified atom stereocenters. The summed E-state index contributed by atoms with van der Waals surface area (Å²) < 4.78 is 16.1. The SMILES string of the molecule is CC(=O)O[C@@H]1C2=C(C3=C(O)c4cccc(O)c4C(=O)C3=C2[N+]#N)[C@H](OC(C)=O)[C@@H](OC(C)=O)[C@]1(C)O. The molecule has 0 aliphatic heterocycles. The first-order chi connectivity index (χ1) is 16.8. The van der Waals surface area contributed by atoms with E-state index in [0.717, 1.165) is 27.7 Å². The topological polar surface area (TPSA) is 185 Å². The number of rotatable bonds is 3. The first-order valence-electron chi connectivity index (χ1n) is 10.7. The number of phenols is 1. The lowest BCUT2D eigenvalue weighted by molar-refractivity contribution is -0.207. The number of carbonyl (C=O) groups is 4. The molecule has 0 spiro atoms. The van der Waals surface area contributed by atoms with Crippen LogP contribution in [0.2, 0.25) is 0 Å². The van der Waals surface area contributed by atoms with E-state index in [-0.39, 0.29) is 27.8 Å². The van der Waals surface area contributed by atoms with Crippen LogP contribution in [0.5, 0.6) is 5.75 Å². The Hall–Kier alpha value is -4.50. The first kappa shape index (κ1) is 24.6. The average molecular weight is 497 g/mol. The molecule has 0 saturated carbocycles. The van der Waals surface area contributed by atoms with Crippen molar-refractivity contribution in [3.8, 4) is 5.75 Å². The number of nitrogens with zero attached hydrogens (tertiary/aromatic N) is 2. The van der Waals surface area contributed by atoms with Gasteiger partial charge >= 0.3 is 23.6 Å². The minimum atomic E-state index is -2.27. The predicted octanol–water partition coefficient (Wildman–Crippen LogP) is 1.83. The molecule has 3 aliphatic carbocycles. The zero-order valence-electron chi connectivity index (χ0n) is 19.6. The van der Waals surface area contributed by atoms with Gasteiger partial charge in [-0.1, -0.05) is 12.1 Å². The van der Waals surface area contributed by atoms with Crippen LogP contribution in [0.25, 0.3) is 10.7 Å². The van der Waals surface area contributed by atoms with E-state index in [1.165, 1.54) is 18.2 Å². The van der Waals surface area contributed by atoms with Gasteiger partial charge in [0.15, 0.2) is 23.3 Å². The van der Waals surface area contributed by atoms with E-state index in [1.54, 1.807) is 0 Å². The third kappa shape index (κ3) is 3.44. The highest BCUT2D eigenvalue weighted by Gasteiger charge is 2.64. The van der Waals surface area contributed by atoms with Gasteiger partial charge in [-0.05, 0) is 13.0 Å². The Bertz CT molecular complexity index is 1390. The third-order valence-corrected chi connectivity index (χ3v) is 6.19. The Morgan fingerprint density at radius 3 is 2.14 bits per heavy atom. The minimum absolute atomic E-state index is 0.0724. The highest BCUT2D eigenvalue weighted by molar-refractivity contribution is 6.22. The second-order valence-electron chi connectivity index (χ2n) is 8.68. The molecule has 0 fully saturated rings. The largest absolute Gasteiger partial charge is 0.507 e. The maximum absolute atomic E-state index is 13.5. The summed E-state index contributed by atoms with van der Waals surface area (Å²) in [5.74, 6) is -4.51. The molecule has 3 N–H and O–H groups in total. The smallest absolute Gasteiger partial charge is 0.404 e. The number of hydrogen-bond acceptors (Lipinski definition) is 11. The van der Waals surface area contributed by atoms with Crippen molar-refractivity contribution in [2.45, 2.75) is 51.6 Å². The fourth-order valence-electron chi connectivity index (χ4n) is 4.92. The van der Waals surface area contributed by atoms with Gasteiger partial charge in [0.1, 0.15) is 22.7 Å². The molecule has 0 amide bonds. The van der Waals surface area contributed by atoms with Crippen LogP contribution in [0.1, 0.15) is 43.6 Å². The number of diazo groups is 1. The van der Waals surface area contributed by atoms with E-state index in [0.29, 0.717) is 0 Å². The Labute approximate surface area is 203 Å². The molecular formula is C24H21N2O10+. The Morgan fingerprint density at radius 2 is 1.58 bits per heavy atom. The fraction of sp³-hybridized carbons (Fsp3) is 0.333. The molecule has 4 rings (SSSR count). The summed E-state index contributed by atoms with van der Waals surface area (Å²) >= 11 is 0. The van der Waals surface area contributed by atoms with Crippen molar-refractivity contribution in [1.82, 2.24) is 0 Å². The molecule has 0 saturated heterocycles. The lowest BCUT2D eigenvalue weighted by atomic mass is 9.73. The van der Waals surface area contributed by atoms with E-state index in [9.17, 15) is 39.9 Å². The van der Waals surface area contributed by atoms with Crippen LogP contribution in [0.15, 0.2) is 46.2 Å². The van der Waals surface area contributed by atoms with E-state index in [4.69, 9.17) is 14.2 Å². The number of Topliss-reactive ketones (excluding diaryl/α,β-unsaturated/α-hetero) is 1. The van der Waals surface area contributed by atoms with Gasteiger partial charge in [0.25, 0.3) is 0 Å². The Kier molecular flexibility index (Phi) is 5.69. The number of benzene rings is 1. The quantitative estimate of drug-likeness (QED) is 0.314. The number of aliphatic hydroxyl groups is 2.